The summed E-state index contributed by atoms with van der Waals surface area (Å²) in [4.78, 5) is 18.8. The van der Waals surface area contributed by atoms with Crippen molar-refractivity contribution in [1.29, 1.82) is 0 Å². The van der Waals surface area contributed by atoms with Gasteiger partial charge in [-0.15, -0.1) is 18.2 Å². The molecule has 0 radical (unpaired) electrons. The summed E-state index contributed by atoms with van der Waals surface area (Å²) in [5.41, 5.74) is 1.51. The number of terminal acetylenes is 1. The second-order valence-electron chi connectivity index (χ2n) is 6.35. The lowest BCUT2D eigenvalue weighted by molar-refractivity contribution is 0.0998. The molecule has 0 aliphatic carbocycles. The van der Waals surface area contributed by atoms with Crippen LogP contribution in [0.1, 0.15) is 31.1 Å². The topological polar surface area (TPSA) is 43.6 Å². The SMILES string of the molecule is C#CCn1c(=NC(=O)c2ccc(SC(C)C)cc2)sc2cc(OCC)ccc21. The van der Waals surface area contributed by atoms with Crippen LogP contribution in [0.5, 0.6) is 5.75 Å². The highest BCUT2D eigenvalue weighted by Crippen LogP contribution is 2.24. The summed E-state index contributed by atoms with van der Waals surface area (Å²) >= 11 is 3.20. The van der Waals surface area contributed by atoms with E-state index in [2.05, 4.69) is 24.8 Å². The van der Waals surface area contributed by atoms with Crippen molar-refractivity contribution in [3.05, 3.63) is 52.8 Å². The van der Waals surface area contributed by atoms with Gasteiger partial charge in [-0.1, -0.05) is 31.1 Å². The monoisotopic (exact) mass is 410 g/mol. The third kappa shape index (κ3) is 4.67. The van der Waals surface area contributed by atoms with Crippen LogP contribution in [0.25, 0.3) is 10.2 Å². The van der Waals surface area contributed by atoms with E-state index < -0.39 is 0 Å². The van der Waals surface area contributed by atoms with Gasteiger partial charge in [0.2, 0.25) is 0 Å². The fourth-order valence-electron chi connectivity index (χ4n) is 2.74. The van der Waals surface area contributed by atoms with Crippen molar-refractivity contribution in [3.63, 3.8) is 0 Å². The lowest BCUT2D eigenvalue weighted by Gasteiger charge is -2.05. The van der Waals surface area contributed by atoms with Crippen molar-refractivity contribution < 1.29 is 9.53 Å². The van der Waals surface area contributed by atoms with Gasteiger partial charge in [0.05, 0.1) is 23.4 Å². The van der Waals surface area contributed by atoms with Crippen molar-refractivity contribution in [2.45, 2.75) is 37.5 Å². The third-order valence-electron chi connectivity index (χ3n) is 3.88. The van der Waals surface area contributed by atoms with E-state index in [0.717, 1.165) is 20.9 Å². The number of thioether (sulfide) groups is 1. The molecule has 0 atom stereocenters. The van der Waals surface area contributed by atoms with Crippen LogP contribution in [0.2, 0.25) is 0 Å². The number of benzene rings is 2. The zero-order chi connectivity index (χ0) is 20.1. The second-order valence-corrected chi connectivity index (χ2v) is 9.00. The van der Waals surface area contributed by atoms with Crippen molar-refractivity contribution in [2.24, 2.45) is 4.99 Å². The Hall–Kier alpha value is -2.49. The molecule has 0 aliphatic heterocycles. The van der Waals surface area contributed by atoms with Crippen LogP contribution in [-0.2, 0) is 6.54 Å². The summed E-state index contributed by atoms with van der Waals surface area (Å²) in [6.45, 7) is 7.18. The van der Waals surface area contributed by atoms with Crippen LogP contribution >= 0.6 is 23.1 Å². The molecule has 28 heavy (non-hydrogen) atoms. The van der Waals surface area contributed by atoms with Gasteiger partial charge >= 0.3 is 0 Å². The van der Waals surface area contributed by atoms with Gasteiger partial charge in [0.15, 0.2) is 4.80 Å². The molecular weight excluding hydrogens is 388 g/mol. The molecule has 0 spiro atoms. The number of carbonyl (C=O) groups is 1. The van der Waals surface area contributed by atoms with Crippen LogP contribution in [0, 0.1) is 12.3 Å². The standard InChI is InChI=1S/C22H22N2O2S2/c1-5-13-24-19-12-9-17(26-6-2)14-20(19)28-22(24)23-21(25)16-7-10-18(11-8-16)27-15(3)4/h1,7-12,14-15H,6,13H2,2-4H3. The number of aromatic nitrogens is 1. The first-order chi connectivity index (χ1) is 13.5. The van der Waals surface area contributed by atoms with Gasteiger partial charge in [0, 0.05) is 15.7 Å². The molecule has 0 bridgehead atoms. The predicted molar refractivity (Wildman–Crippen MR) is 117 cm³/mol. The molecule has 0 aliphatic rings. The van der Waals surface area contributed by atoms with Crippen LogP contribution < -0.4 is 9.54 Å². The molecule has 144 valence electrons. The number of thiazole rings is 1. The van der Waals surface area contributed by atoms with E-state index in [1.54, 1.807) is 11.8 Å². The highest BCUT2D eigenvalue weighted by atomic mass is 32.2. The summed E-state index contributed by atoms with van der Waals surface area (Å²) in [6.07, 6.45) is 5.54. The first-order valence-electron chi connectivity index (χ1n) is 9.07. The number of nitrogens with zero attached hydrogens (tertiary/aromatic N) is 2. The van der Waals surface area contributed by atoms with Gasteiger partial charge in [0.25, 0.3) is 5.91 Å². The van der Waals surface area contributed by atoms with Gasteiger partial charge in [-0.25, -0.2) is 0 Å². The number of carbonyl (C=O) groups excluding carboxylic acids is 1. The maximum Gasteiger partial charge on any atom is 0.279 e. The molecule has 4 nitrogen and oxygen atoms in total. The smallest absolute Gasteiger partial charge is 0.279 e. The minimum absolute atomic E-state index is 0.275. The number of fused-ring (bicyclic) bond motifs is 1. The fraction of sp³-hybridized carbons (Fsp3) is 0.273. The largest absolute Gasteiger partial charge is 0.494 e. The van der Waals surface area contributed by atoms with E-state index in [9.17, 15) is 4.79 Å². The predicted octanol–water partition coefficient (Wildman–Crippen LogP) is 4.98. The average Bonchev–Trinajstić information content (AvgIpc) is 2.99. The summed E-state index contributed by atoms with van der Waals surface area (Å²) in [7, 11) is 0. The third-order valence-corrected chi connectivity index (χ3v) is 5.94. The Kier molecular flexibility index (Phi) is 6.61. The molecule has 3 rings (SSSR count). The Balaban J connectivity index is 1.98. The molecule has 0 saturated heterocycles. The molecule has 1 heterocycles. The van der Waals surface area contributed by atoms with Crippen LogP contribution in [0.4, 0.5) is 0 Å². The van der Waals surface area contributed by atoms with E-state index in [-0.39, 0.29) is 5.91 Å². The summed E-state index contributed by atoms with van der Waals surface area (Å²) in [5, 5.41) is 0.495. The molecule has 6 heteroatoms. The number of amides is 1. The van der Waals surface area contributed by atoms with E-state index in [4.69, 9.17) is 11.2 Å². The molecule has 0 N–H and O–H groups in total. The number of hydrogen-bond donors (Lipinski definition) is 0. The molecular formula is C22H22N2O2S2. The Morgan fingerprint density at radius 1 is 1.29 bits per heavy atom. The summed E-state index contributed by atoms with van der Waals surface area (Å²) in [5.74, 6) is 3.16. The molecule has 1 aromatic heterocycles. The van der Waals surface area contributed by atoms with Gasteiger partial charge in [0.1, 0.15) is 5.75 Å². The highest BCUT2D eigenvalue weighted by Gasteiger charge is 2.10. The zero-order valence-corrected chi connectivity index (χ0v) is 17.8. The Bertz CT molecular complexity index is 1090. The maximum atomic E-state index is 12.7. The molecule has 2 aromatic carbocycles. The number of rotatable bonds is 6. The van der Waals surface area contributed by atoms with Crippen LogP contribution in [-0.4, -0.2) is 22.3 Å². The first-order valence-corrected chi connectivity index (χ1v) is 10.8. The quantitative estimate of drug-likeness (QED) is 0.425. The fourth-order valence-corrected chi connectivity index (χ4v) is 4.63. The van der Waals surface area contributed by atoms with Crippen molar-refractivity contribution in [1.82, 2.24) is 4.57 Å². The Labute approximate surface area is 173 Å². The van der Waals surface area contributed by atoms with Crippen molar-refractivity contribution in [3.8, 4) is 18.1 Å². The minimum atomic E-state index is -0.275. The van der Waals surface area contributed by atoms with E-state index in [1.807, 2.05) is 54.0 Å². The second kappa shape index (κ2) is 9.13. The van der Waals surface area contributed by atoms with E-state index in [1.165, 1.54) is 11.3 Å². The van der Waals surface area contributed by atoms with Crippen molar-refractivity contribution in [2.75, 3.05) is 6.61 Å². The van der Waals surface area contributed by atoms with Gasteiger partial charge < -0.3 is 9.30 Å². The first kappa shape index (κ1) is 20.2. The summed E-state index contributed by atoms with van der Waals surface area (Å²) in [6, 6.07) is 13.4. The Morgan fingerprint density at radius 3 is 2.68 bits per heavy atom. The molecule has 0 unspecified atom stereocenters. The molecule has 1 amide bonds. The van der Waals surface area contributed by atoms with Gasteiger partial charge in [-0.3, -0.25) is 4.79 Å². The van der Waals surface area contributed by atoms with Gasteiger partial charge in [-0.05, 0) is 49.4 Å². The lowest BCUT2D eigenvalue weighted by atomic mass is 10.2. The lowest BCUT2D eigenvalue weighted by Crippen LogP contribution is -2.16. The normalized spacial score (nSPS) is 11.8. The van der Waals surface area contributed by atoms with Crippen molar-refractivity contribution >= 4 is 39.2 Å². The van der Waals surface area contributed by atoms with Crippen LogP contribution in [0.15, 0.2) is 52.4 Å². The van der Waals surface area contributed by atoms with E-state index >= 15 is 0 Å². The average molecular weight is 411 g/mol. The zero-order valence-electron chi connectivity index (χ0n) is 16.1. The minimum Gasteiger partial charge on any atom is -0.494 e. The molecule has 0 fully saturated rings. The number of ether oxygens (including phenoxy) is 1. The van der Waals surface area contributed by atoms with Gasteiger partial charge in [-0.2, -0.15) is 4.99 Å². The molecule has 3 aromatic rings. The van der Waals surface area contributed by atoms with E-state index in [0.29, 0.717) is 28.8 Å². The maximum absolute atomic E-state index is 12.7. The van der Waals surface area contributed by atoms with Crippen LogP contribution in [0.3, 0.4) is 0 Å². The summed E-state index contributed by atoms with van der Waals surface area (Å²) < 4.78 is 8.44. The molecule has 0 saturated carbocycles. The number of hydrogen-bond acceptors (Lipinski definition) is 4. The highest BCUT2D eigenvalue weighted by molar-refractivity contribution is 7.99. The Morgan fingerprint density at radius 2 is 2.04 bits per heavy atom.